The second kappa shape index (κ2) is 53.1. The fourth-order valence-electron chi connectivity index (χ4n) is 8.73. The van der Waals surface area contributed by atoms with E-state index in [2.05, 4.69) is 50.3 Å². The van der Waals surface area contributed by atoms with Gasteiger partial charge in [-0.2, -0.15) is 0 Å². The van der Waals surface area contributed by atoms with Gasteiger partial charge in [-0.05, 0) is 51.4 Å². The molecule has 0 spiro atoms. The normalized spacial score (nSPS) is 13.5. The molecule has 418 valence electrons. The standard InChI is InChI=1S/C61H116NO8P/c1-6-8-10-12-14-16-17-18-19-20-21-22-23-24-25-26-27-28-29-30-31-32-33-34-35-36-37-38-39-40-41-42-43-44-45-46-48-50-52-54-61(64)70-59(58-69-71(65,66)68-56-55-62(3,4)5)57-67-60(63)53-51-49-47-15-13-11-9-7-2/h17-18,20-21,23-24,59H,6-16,19,22,25-58H2,1-5H3/p+1/b18-17-,21-20-,24-23-. The van der Waals surface area contributed by atoms with E-state index in [0.29, 0.717) is 23.9 Å². The van der Waals surface area contributed by atoms with Gasteiger partial charge in [-0.1, -0.05) is 262 Å². The zero-order chi connectivity index (χ0) is 52.0. The minimum atomic E-state index is -4.37. The number of phosphoric ester groups is 1. The van der Waals surface area contributed by atoms with E-state index in [9.17, 15) is 19.0 Å². The van der Waals surface area contributed by atoms with Gasteiger partial charge in [0.05, 0.1) is 27.7 Å². The summed E-state index contributed by atoms with van der Waals surface area (Å²) in [6, 6.07) is 0. The minimum Gasteiger partial charge on any atom is -0.462 e. The summed E-state index contributed by atoms with van der Waals surface area (Å²) >= 11 is 0. The number of unbranched alkanes of at least 4 members (excludes halogenated alkanes) is 36. The highest BCUT2D eigenvalue weighted by atomic mass is 31.2. The van der Waals surface area contributed by atoms with E-state index in [1.54, 1.807) is 0 Å². The van der Waals surface area contributed by atoms with Crippen LogP contribution in [0.2, 0.25) is 0 Å². The minimum absolute atomic E-state index is 0.0348. The van der Waals surface area contributed by atoms with Crippen molar-refractivity contribution in [2.75, 3.05) is 47.5 Å². The molecule has 71 heavy (non-hydrogen) atoms. The zero-order valence-corrected chi connectivity index (χ0v) is 48.4. The van der Waals surface area contributed by atoms with Crippen molar-refractivity contribution in [2.24, 2.45) is 0 Å². The molecule has 0 fully saturated rings. The predicted molar refractivity (Wildman–Crippen MR) is 303 cm³/mol. The Bertz CT molecular complexity index is 1300. The third kappa shape index (κ3) is 57.4. The van der Waals surface area contributed by atoms with Gasteiger partial charge in [0.2, 0.25) is 0 Å². The maximum Gasteiger partial charge on any atom is 0.472 e. The maximum absolute atomic E-state index is 12.7. The van der Waals surface area contributed by atoms with Crippen molar-refractivity contribution in [3.8, 4) is 0 Å². The summed E-state index contributed by atoms with van der Waals surface area (Å²) in [6.07, 6.45) is 65.6. The molecule has 0 aliphatic rings. The lowest BCUT2D eigenvalue weighted by molar-refractivity contribution is -0.870. The van der Waals surface area contributed by atoms with Gasteiger partial charge in [0, 0.05) is 12.8 Å². The third-order valence-corrected chi connectivity index (χ3v) is 14.4. The van der Waals surface area contributed by atoms with E-state index in [1.807, 2.05) is 21.1 Å². The molecular weight excluding hydrogens is 906 g/mol. The average molecular weight is 1020 g/mol. The van der Waals surface area contributed by atoms with Crippen LogP contribution >= 0.6 is 7.82 Å². The van der Waals surface area contributed by atoms with Crippen LogP contribution in [0.1, 0.15) is 290 Å². The highest BCUT2D eigenvalue weighted by Crippen LogP contribution is 2.43. The number of likely N-dealkylation sites (N-methyl/N-ethyl adjacent to an activating group) is 1. The Balaban J connectivity index is 3.79. The van der Waals surface area contributed by atoms with Crippen LogP contribution in [0.4, 0.5) is 0 Å². The van der Waals surface area contributed by atoms with Crippen molar-refractivity contribution in [3.63, 3.8) is 0 Å². The molecule has 0 aromatic heterocycles. The average Bonchev–Trinajstić information content (AvgIpc) is 3.33. The molecule has 9 nitrogen and oxygen atoms in total. The first-order valence-corrected chi connectivity index (χ1v) is 31.7. The number of quaternary nitrogens is 1. The number of phosphoric acid groups is 1. The van der Waals surface area contributed by atoms with E-state index >= 15 is 0 Å². The maximum atomic E-state index is 12.7. The summed E-state index contributed by atoms with van der Waals surface area (Å²) in [5, 5.41) is 0. The number of allylic oxidation sites excluding steroid dienone is 6. The second-order valence-corrected chi connectivity index (χ2v) is 23.2. The Morgan fingerprint density at radius 2 is 0.761 bits per heavy atom. The molecule has 0 amide bonds. The SMILES string of the molecule is CCCCCCC/C=C\C/C=C\C/C=C\CCCCCCCCCCCCCCCCCCCCCCCCCCC(=O)OC(COC(=O)CCCCCCCCCC)COP(=O)(O)OCC[N+](C)(C)C. The van der Waals surface area contributed by atoms with Crippen molar-refractivity contribution in [1.29, 1.82) is 0 Å². The van der Waals surface area contributed by atoms with Crippen LogP contribution in [0.25, 0.3) is 0 Å². The third-order valence-electron chi connectivity index (χ3n) is 13.4. The van der Waals surface area contributed by atoms with Crippen molar-refractivity contribution >= 4 is 19.8 Å². The molecular formula is C61H117NO8P+. The number of ether oxygens (including phenoxy) is 2. The molecule has 0 aromatic rings. The summed E-state index contributed by atoms with van der Waals surface area (Å²) < 4.78 is 34.4. The number of nitrogens with zero attached hydrogens (tertiary/aromatic N) is 1. The van der Waals surface area contributed by atoms with Crippen LogP contribution in [-0.2, 0) is 32.7 Å². The topological polar surface area (TPSA) is 108 Å². The van der Waals surface area contributed by atoms with Crippen molar-refractivity contribution in [2.45, 2.75) is 296 Å². The van der Waals surface area contributed by atoms with Crippen LogP contribution in [-0.4, -0.2) is 74.9 Å². The van der Waals surface area contributed by atoms with E-state index in [1.165, 1.54) is 212 Å². The van der Waals surface area contributed by atoms with Gasteiger partial charge in [0.1, 0.15) is 19.8 Å². The molecule has 0 bridgehead atoms. The highest BCUT2D eigenvalue weighted by molar-refractivity contribution is 7.47. The molecule has 10 heteroatoms. The quantitative estimate of drug-likeness (QED) is 0.0211. The van der Waals surface area contributed by atoms with Gasteiger partial charge in [-0.15, -0.1) is 0 Å². The highest BCUT2D eigenvalue weighted by Gasteiger charge is 2.27. The molecule has 2 atom stereocenters. The van der Waals surface area contributed by atoms with Crippen molar-refractivity contribution in [3.05, 3.63) is 36.5 Å². The van der Waals surface area contributed by atoms with E-state index < -0.39 is 26.5 Å². The van der Waals surface area contributed by atoms with Gasteiger partial charge in [-0.25, -0.2) is 4.57 Å². The molecule has 0 saturated heterocycles. The monoisotopic (exact) mass is 1020 g/mol. The molecule has 0 aromatic carbocycles. The molecule has 2 unspecified atom stereocenters. The summed E-state index contributed by atoms with van der Waals surface area (Å²) in [5.74, 6) is -0.789. The number of carbonyl (C=O) groups excluding carboxylic acids is 2. The zero-order valence-electron chi connectivity index (χ0n) is 47.5. The summed E-state index contributed by atoms with van der Waals surface area (Å²) in [6.45, 7) is 4.41. The molecule has 0 aliphatic heterocycles. The Morgan fingerprint density at radius 3 is 1.13 bits per heavy atom. The first kappa shape index (κ1) is 69.2. The summed E-state index contributed by atoms with van der Waals surface area (Å²) in [4.78, 5) is 35.4. The lowest BCUT2D eigenvalue weighted by Crippen LogP contribution is -2.37. The number of esters is 2. The predicted octanol–water partition coefficient (Wildman–Crippen LogP) is 18.8. The fraction of sp³-hybridized carbons (Fsp3) is 0.869. The number of hydrogen-bond donors (Lipinski definition) is 1. The van der Waals surface area contributed by atoms with Crippen molar-refractivity contribution < 1.29 is 42.1 Å². The van der Waals surface area contributed by atoms with Gasteiger partial charge >= 0.3 is 19.8 Å². The summed E-state index contributed by atoms with van der Waals surface area (Å²) in [5.41, 5.74) is 0. The first-order chi connectivity index (χ1) is 34.5. The Hall–Kier alpha value is -1.77. The summed E-state index contributed by atoms with van der Waals surface area (Å²) in [7, 11) is 1.49. The van der Waals surface area contributed by atoms with E-state index in [4.69, 9.17) is 18.5 Å². The molecule has 0 heterocycles. The van der Waals surface area contributed by atoms with Gasteiger partial charge in [0.25, 0.3) is 0 Å². The van der Waals surface area contributed by atoms with Crippen LogP contribution in [0.15, 0.2) is 36.5 Å². The van der Waals surface area contributed by atoms with Crippen LogP contribution in [0.5, 0.6) is 0 Å². The molecule has 1 N–H and O–H groups in total. The second-order valence-electron chi connectivity index (χ2n) is 21.7. The first-order valence-electron chi connectivity index (χ1n) is 30.2. The Labute approximate surface area is 440 Å². The van der Waals surface area contributed by atoms with Crippen molar-refractivity contribution in [1.82, 2.24) is 0 Å². The largest absolute Gasteiger partial charge is 0.472 e. The van der Waals surface area contributed by atoms with E-state index in [0.717, 1.165) is 44.9 Å². The van der Waals surface area contributed by atoms with Gasteiger partial charge in [-0.3, -0.25) is 18.6 Å². The van der Waals surface area contributed by atoms with Crippen LogP contribution in [0.3, 0.4) is 0 Å². The molecule has 0 saturated carbocycles. The number of carbonyl (C=O) groups is 2. The number of rotatable bonds is 56. The lowest BCUT2D eigenvalue weighted by Gasteiger charge is -2.24. The lowest BCUT2D eigenvalue weighted by atomic mass is 10.0. The molecule has 0 rings (SSSR count). The van der Waals surface area contributed by atoms with E-state index in [-0.39, 0.29) is 25.6 Å². The smallest absolute Gasteiger partial charge is 0.462 e. The van der Waals surface area contributed by atoms with Gasteiger partial charge in [0.15, 0.2) is 6.10 Å². The van der Waals surface area contributed by atoms with Crippen LogP contribution in [0, 0.1) is 0 Å². The Kier molecular flexibility index (Phi) is 51.7. The fourth-order valence-corrected chi connectivity index (χ4v) is 9.47. The number of hydrogen-bond acceptors (Lipinski definition) is 7. The Morgan fingerprint density at radius 1 is 0.437 bits per heavy atom. The van der Waals surface area contributed by atoms with Crippen LogP contribution < -0.4 is 0 Å². The molecule has 0 aliphatic carbocycles. The van der Waals surface area contributed by atoms with Gasteiger partial charge < -0.3 is 18.9 Å². The molecule has 0 radical (unpaired) electrons.